The van der Waals surface area contributed by atoms with Crippen LogP contribution in [-0.2, 0) is 6.54 Å². The van der Waals surface area contributed by atoms with Gasteiger partial charge >= 0.3 is 0 Å². The molecule has 1 unspecified atom stereocenters. The molecule has 1 atom stereocenters. The van der Waals surface area contributed by atoms with Crippen molar-refractivity contribution in [3.63, 3.8) is 0 Å². The Labute approximate surface area is 160 Å². The van der Waals surface area contributed by atoms with Gasteiger partial charge in [0.05, 0.1) is 28.8 Å². The minimum Gasteiger partial charge on any atom is -0.245 e. The minimum absolute atomic E-state index is 0.110. The van der Waals surface area contributed by atoms with Crippen molar-refractivity contribution in [2.45, 2.75) is 25.3 Å². The molecule has 0 fully saturated rings. The van der Waals surface area contributed by atoms with Crippen LogP contribution in [0.25, 0.3) is 22.1 Å². The van der Waals surface area contributed by atoms with Gasteiger partial charge in [-0.15, -0.1) is 16.7 Å². The number of alkyl halides is 1. The summed E-state index contributed by atoms with van der Waals surface area (Å²) in [6, 6.07) is 14.6. The SMILES string of the molecule is CC(Cl)CCn1nnc2ccc(C#N)cc21.N#Cc1ccc2n[nH]nc2c1. The number of halogens is 1. The number of nitrogens with zero attached hydrogens (tertiary/aromatic N) is 7. The zero-order valence-corrected chi connectivity index (χ0v) is 15.2. The standard InChI is InChI=1S/C11H11ClN4.C7H4N4/c1-8(12)4-5-16-11-6-9(7-13)2-3-10(11)14-15-16;8-4-5-1-2-6-7(3-5)10-11-9-6/h2-3,6,8H,4-5H2,1H3;1-3H,(H,9,10,11). The number of fused-ring (bicyclic) bond motifs is 2. The Morgan fingerprint density at radius 1 is 1.04 bits per heavy atom. The number of aromatic nitrogens is 6. The highest BCUT2D eigenvalue weighted by Crippen LogP contribution is 2.14. The van der Waals surface area contributed by atoms with Crippen LogP contribution < -0.4 is 0 Å². The van der Waals surface area contributed by atoms with Crippen LogP contribution in [0.2, 0.25) is 0 Å². The average molecular weight is 379 g/mol. The lowest BCUT2D eigenvalue weighted by Crippen LogP contribution is -2.04. The van der Waals surface area contributed by atoms with Crippen LogP contribution in [-0.4, -0.2) is 35.8 Å². The van der Waals surface area contributed by atoms with Gasteiger partial charge in [-0.25, -0.2) is 4.68 Å². The largest absolute Gasteiger partial charge is 0.245 e. The van der Waals surface area contributed by atoms with E-state index in [1.807, 2.05) is 19.1 Å². The van der Waals surface area contributed by atoms with Crippen molar-refractivity contribution in [2.24, 2.45) is 0 Å². The van der Waals surface area contributed by atoms with Gasteiger partial charge in [0.1, 0.15) is 16.6 Å². The van der Waals surface area contributed by atoms with Crippen molar-refractivity contribution in [3.8, 4) is 12.1 Å². The molecule has 2 aromatic heterocycles. The summed E-state index contributed by atoms with van der Waals surface area (Å²) in [4.78, 5) is 0. The van der Waals surface area contributed by atoms with E-state index < -0.39 is 0 Å². The van der Waals surface area contributed by atoms with Crippen molar-refractivity contribution >= 4 is 33.7 Å². The third kappa shape index (κ3) is 4.38. The Morgan fingerprint density at radius 3 is 2.41 bits per heavy atom. The van der Waals surface area contributed by atoms with Gasteiger partial charge in [-0.2, -0.15) is 25.9 Å². The molecule has 2 heterocycles. The van der Waals surface area contributed by atoms with E-state index in [9.17, 15) is 0 Å². The van der Waals surface area contributed by atoms with E-state index >= 15 is 0 Å². The number of nitriles is 2. The van der Waals surface area contributed by atoms with Crippen molar-refractivity contribution in [1.82, 2.24) is 30.4 Å². The Kier molecular flexibility index (Phi) is 5.60. The minimum atomic E-state index is 0.110. The van der Waals surface area contributed by atoms with Gasteiger partial charge in [0, 0.05) is 11.9 Å². The van der Waals surface area contributed by atoms with Gasteiger partial charge in [0.25, 0.3) is 0 Å². The number of hydrogen-bond acceptors (Lipinski definition) is 6. The molecule has 0 bridgehead atoms. The van der Waals surface area contributed by atoms with Gasteiger partial charge in [-0.1, -0.05) is 5.21 Å². The molecule has 134 valence electrons. The first-order valence-electron chi connectivity index (χ1n) is 8.18. The summed E-state index contributed by atoms with van der Waals surface area (Å²) in [6.45, 7) is 2.66. The molecule has 4 aromatic rings. The van der Waals surface area contributed by atoms with E-state index in [0.29, 0.717) is 11.1 Å². The maximum atomic E-state index is 8.82. The molecule has 2 aromatic carbocycles. The number of benzene rings is 2. The number of rotatable bonds is 3. The van der Waals surface area contributed by atoms with E-state index in [1.165, 1.54) is 0 Å². The third-order valence-electron chi connectivity index (χ3n) is 3.83. The van der Waals surface area contributed by atoms with E-state index in [1.54, 1.807) is 35.0 Å². The van der Waals surface area contributed by atoms with Crippen molar-refractivity contribution < 1.29 is 0 Å². The number of aryl methyl sites for hydroxylation is 1. The van der Waals surface area contributed by atoms with E-state index in [2.05, 4.69) is 31.8 Å². The first-order valence-corrected chi connectivity index (χ1v) is 8.62. The van der Waals surface area contributed by atoms with E-state index in [0.717, 1.165) is 35.0 Å². The van der Waals surface area contributed by atoms with Crippen molar-refractivity contribution in [2.75, 3.05) is 0 Å². The Morgan fingerprint density at radius 2 is 1.70 bits per heavy atom. The fourth-order valence-electron chi connectivity index (χ4n) is 2.41. The molecule has 4 rings (SSSR count). The monoisotopic (exact) mass is 378 g/mol. The highest BCUT2D eigenvalue weighted by Gasteiger charge is 2.06. The predicted molar refractivity (Wildman–Crippen MR) is 101 cm³/mol. The Hall–Kier alpha value is -3.49. The molecule has 27 heavy (non-hydrogen) atoms. The van der Waals surface area contributed by atoms with Crippen LogP contribution in [0, 0.1) is 22.7 Å². The maximum Gasteiger partial charge on any atom is 0.114 e. The van der Waals surface area contributed by atoms with Crippen molar-refractivity contribution in [1.29, 1.82) is 10.5 Å². The number of nitrogens with one attached hydrogen (secondary N) is 1. The quantitative estimate of drug-likeness (QED) is 0.547. The van der Waals surface area contributed by atoms with Crippen LogP contribution >= 0.6 is 11.6 Å². The molecule has 0 spiro atoms. The lowest BCUT2D eigenvalue weighted by atomic mass is 10.2. The number of hydrogen-bond donors (Lipinski definition) is 1. The Bertz CT molecular complexity index is 1150. The maximum absolute atomic E-state index is 8.82. The van der Waals surface area contributed by atoms with Crippen LogP contribution in [0.1, 0.15) is 24.5 Å². The molecular formula is C18H15ClN8. The lowest BCUT2D eigenvalue weighted by Gasteiger charge is -2.03. The summed E-state index contributed by atoms with van der Waals surface area (Å²) in [5.41, 5.74) is 4.42. The summed E-state index contributed by atoms with van der Waals surface area (Å²) in [5, 5.41) is 35.7. The van der Waals surface area contributed by atoms with Crippen LogP contribution in [0.15, 0.2) is 36.4 Å². The molecular weight excluding hydrogens is 364 g/mol. The second kappa shape index (κ2) is 8.26. The number of H-pyrrole nitrogens is 1. The molecule has 0 aliphatic heterocycles. The second-order valence-electron chi connectivity index (χ2n) is 5.84. The second-order valence-corrected chi connectivity index (χ2v) is 6.58. The zero-order valence-electron chi connectivity index (χ0n) is 14.5. The highest BCUT2D eigenvalue weighted by atomic mass is 35.5. The first kappa shape index (κ1) is 18.3. The summed E-state index contributed by atoms with van der Waals surface area (Å²) in [5.74, 6) is 0. The predicted octanol–water partition coefficient (Wildman–Crippen LogP) is 3.15. The lowest BCUT2D eigenvalue weighted by molar-refractivity contribution is 0.570. The fraction of sp³-hybridized carbons (Fsp3) is 0.222. The molecule has 1 N–H and O–H groups in total. The molecule has 8 nitrogen and oxygen atoms in total. The number of aromatic amines is 1. The smallest absolute Gasteiger partial charge is 0.114 e. The molecule has 0 amide bonds. The van der Waals surface area contributed by atoms with Gasteiger partial charge < -0.3 is 0 Å². The van der Waals surface area contributed by atoms with Crippen LogP contribution in [0.4, 0.5) is 0 Å². The highest BCUT2D eigenvalue weighted by molar-refractivity contribution is 6.20. The molecule has 0 aliphatic carbocycles. The average Bonchev–Trinajstić information content (AvgIpc) is 3.32. The van der Waals surface area contributed by atoms with Crippen molar-refractivity contribution in [3.05, 3.63) is 47.5 Å². The normalized spacial score (nSPS) is 11.4. The fourth-order valence-corrected chi connectivity index (χ4v) is 2.51. The molecule has 0 saturated heterocycles. The van der Waals surface area contributed by atoms with Gasteiger partial charge in [-0.3, -0.25) is 0 Å². The van der Waals surface area contributed by atoms with Gasteiger partial charge in [-0.05, 0) is 49.7 Å². The van der Waals surface area contributed by atoms with Crippen LogP contribution in [0.5, 0.6) is 0 Å². The summed E-state index contributed by atoms with van der Waals surface area (Å²) in [6.07, 6.45) is 0.830. The summed E-state index contributed by atoms with van der Waals surface area (Å²) < 4.78 is 1.79. The topological polar surface area (TPSA) is 120 Å². The molecule has 0 radical (unpaired) electrons. The van der Waals surface area contributed by atoms with Gasteiger partial charge in [0.2, 0.25) is 0 Å². The summed E-state index contributed by atoms with van der Waals surface area (Å²) >= 11 is 5.89. The summed E-state index contributed by atoms with van der Waals surface area (Å²) in [7, 11) is 0. The molecule has 9 heteroatoms. The third-order valence-corrected chi connectivity index (χ3v) is 4.05. The first-order chi connectivity index (χ1) is 13.1. The molecule has 0 saturated carbocycles. The van der Waals surface area contributed by atoms with E-state index in [-0.39, 0.29) is 5.38 Å². The Balaban J connectivity index is 0.000000166. The molecule has 0 aliphatic rings. The zero-order chi connectivity index (χ0) is 19.2. The van der Waals surface area contributed by atoms with E-state index in [4.69, 9.17) is 22.1 Å². The van der Waals surface area contributed by atoms with Gasteiger partial charge in [0.15, 0.2) is 0 Å². The van der Waals surface area contributed by atoms with Crippen LogP contribution in [0.3, 0.4) is 0 Å².